The lowest BCUT2D eigenvalue weighted by Crippen LogP contribution is -2.40. The fourth-order valence-electron chi connectivity index (χ4n) is 2.82. The van der Waals surface area contributed by atoms with Gasteiger partial charge in [0.05, 0.1) is 11.8 Å². The van der Waals surface area contributed by atoms with E-state index in [1.54, 1.807) is 12.3 Å². The molecule has 5 nitrogen and oxygen atoms in total. The van der Waals surface area contributed by atoms with Crippen molar-refractivity contribution in [3.05, 3.63) is 17.8 Å². The first-order chi connectivity index (χ1) is 8.61. The number of nitrogens with one attached hydrogen (secondary N) is 1. The highest BCUT2D eigenvalue weighted by Crippen LogP contribution is 2.30. The molecular formula is C13H21N5. The van der Waals surface area contributed by atoms with Crippen LogP contribution in [0.1, 0.15) is 38.2 Å². The maximum atomic E-state index is 7.62. The van der Waals surface area contributed by atoms with Gasteiger partial charge in [-0.25, -0.2) is 0 Å². The molecule has 0 aliphatic heterocycles. The van der Waals surface area contributed by atoms with Crippen molar-refractivity contribution in [2.24, 2.45) is 11.7 Å². The highest BCUT2D eigenvalue weighted by Gasteiger charge is 2.27. The van der Waals surface area contributed by atoms with Crippen LogP contribution in [0.2, 0.25) is 0 Å². The van der Waals surface area contributed by atoms with E-state index in [0.717, 1.165) is 5.82 Å². The van der Waals surface area contributed by atoms with Gasteiger partial charge in [-0.15, -0.1) is 5.10 Å². The molecule has 2 unspecified atom stereocenters. The van der Waals surface area contributed by atoms with E-state index < -0.39 is 0 Å². The van der Waals surface area contributed by atoms with Crippen molar-refractivity contribution in [2.75, 3.05) is 11.9 Å². The second-order valence-electron chi connectivity index (χ2n) is 5.12. The molecule has 0 bridgehead atoms. The Bertz CT molecular complexity index is 431. The summed E-state index contributed by atoms with van der Waals surface area (Å²) < 4.78 is 0. The number of anilines is 1. The van der Waals surface area contributed by atoms with Crippen LogP contribution < -0.4 is 10.6 Å². The van der Waals surface area contributed by atoms with Gasteiger partial charge in [0.25, 0.3) is 0 Å². The Labute approximate surface area is 108 Å². The third-order valence-electron chi connectivity index (χ3n) is 3.89. The summed E-state index contributed by atoms with van der Waals surface area (Å²) in [5.74, 6) is 1.42. The second kappa shape index (κ2) is 5.33. The Kier molecular flexibility index (Phi) is 3.79. The van der Waals surface area contributed by atoms with Gasteiger partial charge in [0.1, 0.15) is 5.84 Å². The monoisotopic (exact) mass is 247 g/mol. The summed E-state index contributed by atoms with van der Waals surface area (Å²) in [4.78, 5) is 2.15. The smallest absolute Gasteiger partial charge is 0.162 e. The Morgan fingerprint density at radius 1 is 1.44 bits per heavy atom. The van der Waals surface area contributed by atoms with Crippen molar-refractivity contribution in [3.8, 4) is 0 Å². The lowest BCUT2D eigenvalue weighted by atomic mass is 9.85. The number of rotatable bonds is 3. The maximum Gasteiger partial charge on any atom is 0.162 e. The number of amidine groups is 1. The van der Waals surface area contributed by atoms with Crippen molar-refractivity contribution in [1.82, 2.24) is 10.2 Å². The Morgan fingerprint density at radius 2 is 2.17 bits per heavy atom. The summed E-state index contributed by atoms with van der Waals surface area (Å²) >= 11 is 0. The number of aromatic nitrogens is 2. The van der Waals surface area contributed by atoms with Crippen molar-refractivity contribution in [2.45, 2.75) is 38.6 Å². The second-order valence-corrected chi connectivity index (χ2v) is 5.12. The Hall–Kier alpha value is -1.65. The third-order valence-corrected chi connectivity index (χ3v) is 3.89. The SMILES string of the molecule is CC1CCCCC1N(C)c1nnccc1C(=N)N. The van der Waals surface area contributed by atoms with Crippen LogP contribution in [-0.2, 0) is 0 Å². The zero-order chi connectivity index (χ0) is 13.1. The van der Waals surface area contributed by atoms with Crippen LogP contribution in [0.5, 0.6) is 0 Å². The van der Waals surface area contributed by atoms with Gasteiger partial charge in [-0.2, -0.15) is 5.10 Å². The van der Waals surface area contributed by atoms with E-state index in [1.165, 1.54) is 25.7 Å². The molecule has 1 aliphatic carbocycles. The minimum atomic E-state index is 0.0511. The van der Waals surface area contributed by atoms with E-state index in [-0.39, 0.29) is 5.84 Å². The summed E-state index contributed by atoms with van der Waals surface area (Å²) in [7, 11) is 2.03. The standard InChI is InChI=1S/C13H21N5/c1-9-5-3-4-6-11(9)18(2)13-10(12(14)15)7-8-16-17-13/h7-9,11H,3-6H2,1-2H3,(H3,14,15). The first-order valence-corrected chi connectivity index (χ1v) is 6.50. The van der Waals surface area contributed by atoms with E-state index in [2.05, 4.69) is 22.0 Å². The van der Waals surface area contributed by atoms with Gasteiger partial charge in [0.2, 0.25) is 0 Å². The fraction of sp³-hybridized carbons (Fsp3) is 0.615. The highest BCUT2D eigenvalue weighted by atomic mass is 15.3. The van der Waals surface area contributed by atoms with Gasteiger partial charge in [-0.1, -0.05) is 19.8 Å². The van der Waals surface area contributed by atoms with E-state index in [9.17, 15) is 0 Å². The Morgan fingerprint density at radius 3 is 2.83 bits per heavy atom. The summed E-state index contributed by atoms with van der Waals surface area (Å²) in [6.45, 7) is 2.28. The van der Waals surface area contributed by atoms with Gasteiger partial charge in [-0.05, 0) is 24.8 Å². The number of nitrogens with two attached hydrogens (primary N) is 1. The first-order valence-electron chi connectivity index (χ1n) is 6.50. The molecule has 2 atom stereocenters. The zero-order valence-electron chi connectivity index (χ0n) is 11.1. The minimum absolute atomic E-state index is 0.0511. The summed E-state index contributed by atoms with van der Waals surface area (Å²) in [5.41, 5.74) is 6.28. The number of nitrogen functional groups attached to an aromatic ring is 1. The molecule has 1 aromatic heterocycles. The van der Waals surface area contributed by atoms with Crippen LogP contribution in [0.3, 0.4) is 0 Å². The molecule has 3 N–H and O–H groups in total. The van der Waals surface area contributed by atoms with Crippen LogP contribution in [0.4, 0.5) is 5.82 Å². The van der Waals surface area contributed by atoms with Gasteiger partial charge in [0, 0.05) is 13.1 Å². The van der Waals surface area contributed by atoms with Gasteiger partial charge < -0.3 is 10.6 Å². The predicted octanol–water partition coefficient (Wildman–Crippen LogP) is 1.78. The summed E-state index contributed by atoms with van der Waals surface area (Å²) in [5, 5.41) is 15.7. The molecule has 1 saturated carbocycles. The van der Waals surface area contributed by atoms with E-state index in [0.29, 0.717) is 17.5 Å². The van der Waals surface area contributed by atoms with Gasteiger partial charge in [0.15, 0.2) is 5.82 Å². The fourth-order valence-corrected chi connectivity index (χ4v) is 2.82. The number of nitrogens with zero attached hydrogens (tertiary/aromatic N) is 3. The molecule has 1 heterocycles. The molecule has 1 aromatic rings. The molecule has 0 aromatic carbocycles. The molecule has 98 valence electrons. The largest absolute Gasteiger partial charge is 0.384 e. The molecule has 0 spiro atoms. The van der Waals surface area contributed by atoms with Crippen molar-refractivity contribution in [3.63, 3.8) is 0 Å². The van der Waals surface area contributed by atoms with Gasteiger partial charge in [-0.3, -0.25) is 5.41 Å². The lowest BCUT2D eigenvalue weighted by molar-refractivity contribution is 0.320. The third kappa shape index (κ3) is 2.44. The lowest BCUT2D eigenvalue weighted by Gasteiger charge is -2.37. The minimum Gasteiger partial charge on any atom is -0.384 e. The van der Waals surface area contributed by atoms with Crippen LogP contribution in [-0.4, -0.2) is 29.1 Å². The van der Waals surface area contributed by atoms with Crippen LogP contribution in [0, 0.1) is 11.3 Å². The molecule has 0 amide bonds. The molecule has 18 heavy (non-hydrogen) atoms. The summed E-state index contributed by atoms with van der Waals surface area (Å²) in [6.07, 6.45) is 6.58. The highest BCUT2D eigenvalue weighted by molar-refractivity contribution is 5.99. The van der Waals surface area contributed by atoms with Crippen LogP contribution in [0.25, 0.3) is 0 Å². The summed E-state index contributed by atoms with van der Waals surface area (Å²) in [6, 6.07) is 2.22. The topological polar surface area (TPSA) is 78.9 Å². The maximum absolute atomic E-state index is 7.62. The van der Waals surface area contributed by atoms with Crippen molar-refractivity contribution >= 4 is 11.7 Å². The average Bonchev–Trinajstić information content (AvgIpc) is 2.38. The van der Waals surface area contributed by atoms with Gasteiger partial charge >= 0.3 is 0 Å². The van der Waals surface area contributed by atoms with E-state index in [4.69, 9.17) is 11.1 Å². The number of hydrogen-bond acceptors (Lipinski definition) is 4. The van der Waals surface area contributed by atoms with Crippen molar-refractivity contribution < 1.29 is 0 Å². The molecule has 2 rings (SSSR count). The number of hydrogen-bond donors (Lipinski definition) is 2. The molecule has 0 saturated heterocycles. The zero-order valence-corrected chi connectivity index (χ0v) is 11.1. The molecular weight excluding hydrogens is 226 g/mol. The molecule has 5 heteroatoms. The Balaban J connectivity index is 2.27. The molecule has 0 radical (unpaired) electrons. The average molecular weight is 247 g/mol. The van der Waals surface area contributed by atoms with E-state index in [1.807, 2.05) is 7.05 Å². The van der Waals surface area contributed by atoms with E-state index >= 15 is 0 Å². The predicted molar refractivity (Wildman–Crippen MR) is 72.9 cm³/mol. The molecule has 1 aliphatic rings. The molecule has 1 fully saturated rings. The van der Waals surface area contributed by atoms with Crippen molar-refractivity contribution in [1.29, 1.82) is 5.41 Å². The normalized spacial score (nSPS) is 23.7. The first kappa shape index (κ1) is 12.8. The quantitative estimate of drug-likeness (QED) is 0.630. The van der Waals surface area contributed by atoms with Crippen LogP contribution in [0.15, 0.2) is 12.3 Å². The van der Waals surface area contributed by atoms with Crippen LogP contribution >= 0.6 is 0 Å².